The van der Waals surface area contributed by atoms with Gasteiger partial charge < -0.3 is 5.11 Å². The van der Waals surface area contributed by atoms with Gasteiger partial charge in [-0.2, -0.15) is 13.2 Å². The van der Waals surface area contributed by atoms with Crippen molar-refractivity contribution in [2.75, 3.05) is 10.8 Å². The molecule has 0 bridgehead atoms. The van der Waals surface area contributed by atoms with E-state index in [1.54, 1.807) is 18.2 Å². The first-order valence-electron chi connectivity index (χ1n) is 7.62. The fourth-order valence-electron chi connectivity index (χ4n) is 2.99. The van der Waals surface area contributed by atoms with Gasteiger partial charge in [0, 0.05) is 6.54 Å². The van der Waals surface area contributed by atoms with Gasteiger partial charge in [-0.05, 0) is 30.2 Å². The standard InChI is InChI=1S/C17H14F3NO4S/c18-17(19,20)13-6-2-4-8-15(13)26(24,25)21-10-12(16(22)23)9-11-5-1-3-7-14(11)21/h1-8,12H,9-10H2,(H,22,23). The first kappa shape index (κ1) is 18.2. The molecule has 5 nitrogen and oxygen atoms in total. The van der Waals surface area contributed by atoms with Crippen LogP contribution in [0.25, 0.3) is 0 Å². The van der Waals surface area contributed by atoms with Crippen LogP contribution < -0.4 is 4.31 Å². The van der Waals surface area contributed by atoms with E-state index >= 15 is 0 Å². The normalized spacial score (nSPS) is 17.7. The van der Waals surface area contributed by atoms with E-state index in [1.165, 1.54) is 12.1 Å². The predicted octanol–water partition coefficient (Wildman–Crippen LogP) is 3.16. The molecule has 3 rings (SSSR count). The van der Waals surface area contributed by atoms with Crippen molar-refractivity contribution in [2.45, 2.75) is 17.5 Å². The fraction of sp³-hybridized carbons (Fsp3) is 0.235. The quantitative estimate of drug-likeness (QED) is 0.881. The van der Waals surface area contributed by atoms with Crippen LogP contribution in [0.5, 0.6) is 0 Å². The molecule has 0 spiro atoms. The smallest absolute Gasteiger partial charge is 0.417 e. The minimum Gasteiger partial charge on any atom is -0.481 e. The van der Waals surface area contributed by atoms with E-state index in [0.29, 0.717) is 11.6 Å². The van der Waals surface area contributed by atoms with Gasteiger partial charge in [-0.25, -0.2) is 8.42 Å². The van der Waals surface area contributed by atoms with Crippen LogP contribution in [0.4, 0.5) is 18.9 Å². The van der Waals surface area contributed by atoms with Gasteiger partial charge in [-0.15, -0.1) is 0 Å². The summed E-state index contributed by atoms with van der Waals surface area (Å²) in [5.74, 6) is -2.25. The number of sulfonamides is 1. The van der Waals surface area contributed by atoms with E-state index in [4.69, 9.17) is 0 Å². The van der Waals surface area contributed by atoms with Gasteiger partial charge in [-0.3, -0.25) is 9.10 Å². The summed E-state index contributed by atoms with van der Waals surface area (Å²) in [6.07, 6.45) is -4.75. The van der Waals surface area contributed by atoms with Gasteiger partial charge in [0.05, 0.1) is 22.1 Å². The summed E-state index contributed by atoms with van der Waals surface area (Å²) in [5.41, 5.74) is -0.629. The summed E-state index contributed by atoms with van der Waals surface area (Å²) in [5, 5.41) is 9.30. The third kappa shape index (κ3) is 3.14. The Morgan fingerprint density at radius 3 is 2.35 bits per heavy atom. The Hall–Kier alpha value is -2.55. The van der Waals surface area contributed by atoms with Gasteiger partial charge in [0.2, 0.25) is 0 Å². The number of anilines is 1. The van der Waals surface area contributed by atoms with Crippen LogP contribution in [-0.2, 0) is 27.4 Å². The summed E-state index contributed by atoms with van der Waals surface area (Å²) in [6, 6.07) is 10.1. The number of alkyl halides is 3. The summed E-state index contributed by atoms with van der Waals surface area (Å²) >= 11 is 0. The van der Waals surface area contributed by atoms with E-state index in [-0.39, 0.29) is 12.1 Å². The van der Waals surface area contributed by atoms with Crippen molar-refractivity contribution in [3.63, 3.8) is 0 Å². The molecule has 0 aliphatic carbocycles. The van der Waals surface area contributed by atoms with Crippen molar-refractivity contribution in [1.29, 1.82) is 0 Å². The zero-order valence-corrected chi connectivity index (χ0v) is 14.1. The number of carbonyl (C=O) groups is 1. The molecule has 1 heterocycles. The van der Waals surface area contributed by atoms with E-state index in [1.807, 2.05) is 0 Å². The maximum atomic E-state index is 13.3. The minimum absolute atomic E-state index is 0.110. The summed E-state index contributed by atoms with van der Waals surface area (Å²) in [7, 11) is -4.61. The van der Waals surface area contributed by atoms with Crippen LogP contribution >= 0.6 is 0 Å². The highest BCUT2D eigenvalue weighted by Crippen LogP contribution is 2.39. The molecule has 0 aromatic heterocycles. The van der Waals surface area contributed by atoms with Crippen LogP contribution in [0.15, 0.2) is 53.4 Å². The Bertz CT molecular complexity index is 956. The topological polar surface area (TPSA) is 74.7 Å². The number of rotatable bonds is 3. The Balaban J connectivity index is 2.18. The van der Waals surface area contributed by atoms with Gasteiger partial charge in [0.15, 0.2) is 0 Å². The third-order valence-corrected chi connectivity index (χ3v) is 6.06. The largest absolute Gasteiger partial charge is 0.481 e. The molecular formula is C17H14F3NO4S. The highest BCUT2D eigenvalue weighted by molar-refractivity contribution is 7.92. The summed E-state index contributed by atoms with van der Waals surface area (Å²) < 4.78 is 66.6. The van der Waals surface area contributed by atoms with Gasteiger partial charge in [0.25, 0.3) is 10.0 Å². The average molecular weight is 385 g/mol. The molecular weight excluding hydrogens is 371 g/mol. The molecule has 2 aromatic rings. The second kappa shape index (κ2) is 6.31. The third-order valence-electron chi connectivity index (χ3n) is 4.22. The first-order chi connectivity index (χ1) is 12.1. The zero-order valence-electron chi connectivity index (χ0n) is 13.3. The van der Waals surface area contributed by atoms with Gasteiger partial charge >= 0.3 is 12.1 Å². The van der Waals surface area contributed by atoms with Crippen molar-refractivity contribution in [3.8, 4) is 0 Å². The van der Waals surface area contributed by atoms with Crippen LogP contribution in [0.2, 0.25) is 0 Å². The van der Waals surface area contributed by atoms with Crippen molar-refractivity contribution in [3.05, 3.63) is 59.7 Å². The number of carboxylic acid groups (broad SMARTS) is 1. The zero-order chi connectivity index (χ0) is 19.1. The fourth-order valence-corrected chi connectivity index (χ4v) is 4.76. The number of para-hydroxylation sites is 1. The highest BCUT2D eigenvalue weighted by Gasteiger charge is 2.41. The molecule has 0 saturated carbocycles. The molecule has 0 amide bonds. The van der Waals surface area contributed by atoms with Crippen molar-refractivity contribution >= 4 is 21.7 Å². The number of fused-ring (bicyclic) bond motifs is 1. The molecule has 26 heavy (non-hydrogen) atoms. The lowest BCUT2D eigenvalue weighted by molar-refractivity contribution is -0.141. The SMILES string of the molecule is O=C(O)C1Cc2ccccc2N(S(=O)(=O)c2ccccc2C(F)(F)F)C1. The molecule has 0 radical (unpaired) electrons. The van der Waals surface area contributed by atoms with Crippen molar-refractivity contribution < 1.29 is 31.5 Å². The molecule has 1 aliphatic heterocycles. The number of halogens is 3. The lowest BCUT2D eigenvalue weighted by atomic mass is 9.94. The van der Waals surface area contributed by atoms with Crippen LogP contribution in [0.3, 0.4) is 0 Å². The Labute approximate surface area is 147 Å². The first-order valence-corrected chi connectivity index (χ1v) is 9.06. The average Bonchev–Trinajstić information content (AvgIpc) is 2.60. The van der Waals surface area contributed by atoms with E-state index < -0.39 is 45.1 Å². The minimum atomic E-state index is -4.86. The highest BCUT2D eigenvalue weighted by atomic mass is 32.2. The molecule has 138 valence electrons. The molecule has 2 aromatic carbocycles. The second-order valence-corrected chi connectivity index (χ2v) is 7.73. The monoisotopic (exact) mass is 385 g/mol. The van der Waals surface area contributed by atoms with Crippen LogP contribution in [0.1, 0.15) is 11.1 Å². The van der Waals surface area contributed by atoms with Crippen molar-refractivity contribution in [2.24, 2.45) is 5.92 Å². The Kier molecular flexibility index (Phi) is 4.43. The number of carboxylic acids is 1. The molecule has 1 unspecified atom stereocenters. The van der Waals surface area contributed by atoms with Crippen molar-refractivity contribution in [1.82, 2.24) is 0 Å². The number of hydrogen-bond acceptors (Lipinski definition) is 3. The Morgan fingerprint density at radius 1 is 1.08 bits per heavy atom. The second-order valence-electron chi connectivity index (χ2n) is 5.90. The molecule has 9 heteroatoms. The van der Waals surface area contributed by atoms with Gasteiger partial charge in [-0.1, -0.05) is 30.3 Å². The van der Waals surface area contributed by atoms with Gasteiger partial charge in [0.1, 0.15) is 0 Å². The summed E-state index contributed by atoms with van der Waals surface area (Å²) in [6.45, 7) is -0.430. The molecule has 1 atom stereocenters. The predicted molar refractivity (Wildman–Crippen MR) is 87.2 cm³/mol. The molecule has 1 aliphatic rings. The summed E-state index contributed by atoms with van der Waals surface area (Å²) in [4.78, 5) is 10.5. The Morgan fingerprint density at radius 2 is 1.69 bits per heavy atom. The van der Waals surface area contributed by atoms with E-state index in [0.717, 1.165) is 16.4 Å². The number of hydrogen-bond donors (Lipinski definition) is 1. The van der Waals surface area contributed by atoms with Crippen LogP contribution in [-0.4, -0.2) is 26.0 Å². The lowest BCUT2D eigenvalue weighted by Gasteiger charge is -2.34. The van der Waals surface area contributed by atoms with E-state index in [9.17, 15) is 31.5 Å². The van der Waals surface area contributed by atoms with E-state index in [2.05, 4.69) is 0 Å². The maximum absolute atomic E-state index is 13.3. The molecule has 0 saturated heterocycles. The molecule has 0 fully saturated rings. The number of nitrogens with zero attached hydrogens (tertiary/aromatic N) is 1. The van der Waals surface area contributed by atoms with Crippen LogP contribution in [0, 0.1) is 5.92 Å². The molecule has 1 N–H and O–H groups in total. The number of benzene rings is 2. The lowest BCUT2D eigenvalue weighted by Crippen LogP contribution is -2.43. The number of aliphatic carboxylic acids is 1. The maximum Gasteiger partial charge on any atom is 0.417 e.